The van der Waals surface area contributed by atoms with Gasteiger partial charge in [0.1, 0.15) is 5.02 Å². The molecule has 1 aromatic heterocycles. The number of halogens is 2. The van der Waals surface area contributed by atoms with E-state index in [1.807, 2.05) is 0 Å². The molecule has 96 valence electrons. The number of hydrogen-bond acceptors (Lipinski definition) is 4. The predicted octanol–water partition coefficient (Wildman–Crippen LogP) is 1.50. The summed E-state index contributed by atoms with van der Waals surface area (Å²) < 4.78 is 0. The van der Waals surface area contributed by atoms with Crippen molar-refractivity contribution in [2.24, 2.45) is 5.92 Å². The maximum atomic E-state index is 11.7. The highest BCUT2D eigenvalue weighted by Crippen LogP contribution is 2.34. The van der Waals surface area contributed by atoms with Gasteiger partial charge >= 0.3 is 0 Å². The van der Waals surface area contributed by atoms with Gasteiger partial charge in [0, 0.05) is 13.1 Å². The molecule has 2 aliphatic heterocycles. The lowest BCUT2D eigenvalue weighted by molar-refractivity contribution is -0.122. The largest absolute Gasteiger partial charge is 0.354 e. The van der Waals surface area contributed by atoms with Crippen molar-refractivity contribution < 1.29 is 4.79 Å². The number of nitrogens with one attached hydrogen (secondary N) is 1. The first-order valence-corrected chi connectivity index (χ1v) is 6.65. The number of fused-ring (bicyclic) bond motifs is 1. The van der Waals surface area contributed by atoms with Gasteiger partial charge in [-0.05, 0) is 24.4 Å². The third-order valence-corrected chi connectivity index (χ3v) is 4.02. The van der Waals surface area contributed by atoms with E-state index in [0.29, 0.717) is 17.4 Å². The number of rotatable bonds is 1. The molecule has 3 heterocycles. The van der Waals surface area contributed by atoms with Gasteiger partial charge in [0.05, 0.1) is 18.2 Å². The zero-order valence-corrected chi connectivity index (χ0v) is 11.1. The van der Waals surface area contributed by atoms with E-state index in [1.54, 1.807) is 0 Å². The Labute approximate surface area is 114 Å². The number of hydrogen-bond donors (Lipinski definition) is 1. The van der Waals surface area contributed by atoms with Crippen LogP contribution in [-0.4, -0.2) is 35.0 Å². The van der Waals surface area contributed by atoms with Gasteiger partial charge in [0.2, 0.25) is 11.2 Å². The Bertz CT molecular complexity index is 496. The molecule has 3 rings (SSSR count). The average molecular weight is 287 g/mol. The molecular weight excluding hydrogens is 275 g/mol. The van der Waals surface area contributed by atoms with Gasteiger partial charge in [-0.25, -0.2) is 4.98 Å². The van der Waals surface area contributed by atoms with Crippen molar-refractivity contribution in [3.05, 3.63) is 16.5 Å². The monoisotopic (exact) mass is 286 g/mol. The Balaban J connectivity index is 1.95. The van der Waals surface area contributed by atoms with E-state index >= 15 is 0 Å². The van der Waals surface area contributed by atoms with Gasteiger partial charge in [0.15, 0.2) is 5.82 Å². The summed E-state index contributed by atoms with van der Waals surface area (Å²) in [5.74, 6) is 0.785. The van der Waals surface area contributed by atoms with Gasteiger partial charge in [-0.2, -0.15) is 4.98 Å². The minimum absolute atomic E-state index is 0.0311. The van der Waals surface area contributed by atoms with Gasteiger partial charge in [-0.3, -0.25) is 4.79 Å². The fraction of sp³-hybridized carbons (Fsp3) is 0.545. The molecule has 0 spiro atoms. The predicted molar refractivity (Wildman–Crippen MR) is 68.9 cm³/mol. The van der Waals surface area contributed by atoms with E-state index in [-0.39, 0.29) is 23.2 Å². The van der Waals surface area contributed by atoms with E-state index in [9.17, 15) is 4.79 Å². The van der Waals surface area contributed by atoms with Crippen LogP contribution in [0.1, 0.15) is 12.8 Å². The van der Waals surface area contributed by atoms with Crippen LogP contribution in [0.15, 0.2) is 6.20 Å². The highest BCUT2D eigenvalue weighted by Gasteiger charge is 2.41. The quantitative estimate of drug-likeness (QED) is 0.795. The van der Waals surface area contributed by atoms with Crippen LogP contribution in [0, 0.1) is 5.92 Å². The Morgan fingerprint density at radius 3 is 3.11 bits per heavy atom. The number of nitrogens with zero attached hydrogens (tertiary/aromatic N) is 3. The fourth-order valence-electron chi connectivity index (χ4n) is 2.75. The molecule has 2 saturated heterocycles. The van der Waals surface area contributed by atoms with Crippen molar-refractivity contribution in [2.75, 3.05) is 18.0 Å². The lowest BCUT2D eigenvalue weighted by atomic mass is 9.91. The standard InChI is InChI=1S/C11H12Cl2N4O/c12-7-4-15-11(13)16-9(7)17-3-1-2-6-8(17)5-14-10(6)18/h4,6,8H,1-3,5H2,(H,14,18). The summed E-state index contributed by atoms with van der Waals surface area (Å²) in [5, 5.41) is 3.54. The van der Waals surface area contributed by atoms with Crippen LogP contribution < -0.4 is 10.2 Å². The Hall–Kier alpha value is -1.07. The van der Waals surface area contributed by atoms with Crippen LogP contribution in [0.5, 0.6) is 0 Å². The molecule has 2 unspecified atom stereocenters. The van der Waals surface area contributed by atoms with E-state index < -0.39 is 0 Å². The number of amides is 1. The van der Waals surface area contributed by atoms with Crippen molar-refractivity contribution in [2.45, 2.75) is 18.9 Å². The smallest absolute Gasteiger partial charge is 0.225 e. The molecule has 5 nitrogen and oxygen atoms in total. The van der Waals surface area contributed by atoms with Crippen LogP contribution in [0.4, 0.5) is 5.82 Å². The summed E-state index contributed by atoms with van der Waals surface area (Å²) in [5.41, 5.74) is 0. The van der Waals surface area contributed by atoms with Crippen molar-refractivity contribution in [3.63, 3.8) is 0 Å². The highest BCUT2D eigenvalue weighted by atomic mass is 35.5. The summed E-state index contributed by atoms with van der Waals surface area (Å²) in [6.45, 7) is 1.48. The molecule has 0 aromatic carbocycles. The molecule has 0 radical (unpaired) electrons. The number of aromatic nitrogens is 2. The van der Waals surface area contributed by atoms with Crippen molar-refractivity contribution >= 4 is 34.9 Å². The third-order valence-electron chi connectivity index (χ3n) is 3.57. The van der Waals surface area contributed by atoms with Crippen LogP contribution in [0.3, 0.4) is 0 Å². The average Bonchev–Trinajstić information content (AvgIpc) is 2.75. The first-order valence-electron chi connectivity index (χ1n) is 5.89. The van der Waals surface area contributed by atoms with Crippen LogP contribution in [-0.2, 0) is 4.79 Å². The van der Waals surface area contributed by atoms with E-state index in [2.05, 4.69) is 20.2 Å². The maximum absolute atomic E-state index is 11.7. The van der Waals surface area contributed by atoms with E-state index in [1.165, 1.54) is 6.20 Å². The molecule has 2 fully saturated rings. The molecule has 1 aromatic rings. The second-order valence-electron chi connectivity index (χ2n) is 4.57. The summed E-state index contributed by atoms with van der Waals surface area (Å²) in [6, 6.07) is 0.120. The van der Waals surface area contributed by atoms with Gasteiger partial charge in [0.25, 0.3) is 0 Å². The fourth-order valence-corrected chi connectivity index (χ4v) is 3.08. The third kappa shape index (κ3) is 1.91. The molecule has 1 N–H and O–H groups in total. The maximum Gasteiger partial charge on any atom is 0.225 e. The molecule has 2 aliphatic rings. The number of anilines is 1. The second-order valence-corrected chi connectivity index (χ2v) is 5.31. The minimum atomic E-state index is 0.0311. The topological polar surface area (TPSA) is 58.1 Å². The molecule has 1 amide bonds. The molecule has 0 saturated carbocycles. The van der Waals surface area contributed by atoms with E-state index in [4.69, 9.17) is 23.2 Å². The first-order chi connectivity index (χ1) is 8.66. The second kappa shape index (κ2) is 4.55. The molecule has 18 heavy (non-hydrogen) atoms. The number of carbonyl (C=O) groups excluding carboxylic acids is 1. The van der Waals surface area contributed by atoms with Crippen LogP contribution in [0.2, 0.25) is 10.3 Å². The Morgan fingerprint density at radius 2 is 2.28 bits per heavy atom. The molecule has 0 aliphatic carbocycles. The minimum Gasteiger partial charge on any atom is -0.354 e. The lowest BCUT2D eigenvalue weighted by Crippen LogP contribution is -2.46. The summed E-state index contributed by atoms with van der Waals surface area (Å²) >= 11 is 11.9. The van der Waals surface area contributed by atoms with E-state index in [0.717, 1.165) is 19.4 Å². The molecular formula is C11H12Cl2N4O. The van der Waals surface area contributed by atoms with Crippen molar-refractivity contribution in [3.8, 4) is 0 Å². The lowest BCUT2D eigenvalue weighted by Gasteiger charge is -2.37. The van der Waals surface area contributed by atoms with Crippen molar-refractivity contribution in [1.82, 2.24) is 15.3 Å². The normalized spacial score (nSPS) is 27.0. The molecule has 2 atom stereocenters. The first kappa shape index (κ1) is 12.0. The van der Waals surface area contributed by atoms with Crippen LogP contribution >= 0.6 is 23.2 Å². The number of carbonyl (C=O) groups is 1. The SMILES string of the molecule is O=C1NCC2C1CCCN2c1nc(Cl)ncc1Cl. The summed E-state index contributed by atoms with van der Waals surface area (Å²) in [6.07, 6.45) is 3.37. The zero-order chi connectivity index (χ0) is 12.7. The summed E-state index contributed by atoms with van der Waals surface area (Å²) in [4.78, 5) is 21.8. The molecule has 7 heteroatoms. The van der Waals surface area contributed by atoms with Crippen LogP contribution in [0.25, 0.3) is 0 Å². The molecule has 0 bridgehead atoms. The van der Waals surface area contributed by atoms with Gasteiger partial charge < -0.3 is 10.2 Å². The number of piperidine rings is 1. The zero-order valence-electron chi connectivity index (χ0n) is 9.57. The highest BCUT2D eigenvalue weighted by molar-refractivity contribution is 6.33. The van der Waals surface area contributed by atoms with Crippen molar-refractivity contribution in [1.29, 1.82) is 0 Å². The van der Waals surface area contributed by atoms with Gasteiger partial charge in [-0.15, -0.1) is 0 Å². The summed E-state index contributed by atoms with van der Waals surface area (Å²) in [7, 11) is 0. The Morgan fingerprint density at radius 1 is 1.44 bits per heavy atom. The van der Waals surface area contributed by atoms with Gasteiger partial charge in [-0.1, -0.05) is 11.6 Å². The Kier molecular flexibility index (Phi) is 3.03.